The van der Waals surface area contributed by atoms with Crippen molar-refractivity contribution in [3.05, 3.63) is 51.7 Å². The highest BCUT2D eigenvalue weighted by Crippen LogP contribution is 2.26. The van der Waals surface area contributed by atoms with Crippen molar-refractivity contribution >= 4 is 23.3 Å². The molecule has 0 bridgehead atoms. The second-order valence-electron chi connectivity index (χ2n) is 5.31. The van der Waals surface area contributed by atoms with Crippen LogP contribution in [-0.4, -0.2) is 22.4 Å². The molecule has 1 N–H and O–H groups in total. The first-order valence-electron chi connectivity index (χ1n) is 7.65. The molecule has 22 heavy (non-hydrogen) atoms. The van der Waals surface area contributed by atoms with Crippen LogP contribution in [0.4, 0.5) is 0 Å². The number of nitrogens with zero attached hydrogens (tertiary/aromatic N) is 2. The van der Waals surface area contributed by atoms with Gasteiger partial charge in [0.05, 0.1) is 16.4 Å². The lowest BCUT2D eigenvalue weighted by atomic mass is 10.0. The van der Waals surface area contributed by atoms with Gasteiger partial charge in [-0.25, -0.2) is 4.98 Å². The number of hydrogen-bond acceptors (Lipinski definition) is 4. The Balaban J connectivity index is 1.45. The molecule has 1 amide bonds. The fourth-order valence-corrected chi connectivity index (χ4v) is 3.66. The first-order chi connectivity index (χ1) is 10.8. The Morgan fingerprint density at radius 1 is 1.32 bits per heavy atom. The summed E-state index contributed by atoms with van der Waals surface area (Å²) >= 11 is 1.81. The highest BCUT2D eigenvalue weighted by atomic mass is 32.1. The minimum Gasteiger partial charge on any atom is -0.352 e. The lowest BCUT2D eigenvalue weighted by Gasteiger charge is -2.06. The van der Waals surface area contributed by atoms with Crippen LogP contribution in [0.25, 0.3) is 6.08 Å². The molecule has 2 heterocycles. The molecule has 3 rings (SSSR count). The van der Waals surface area contributed by atoms with Crippen molar-refractivity contribution in [2.45, 2.75) is 32.1 Å². The van der Waals surface area contributed by atoms with Crippen molar-refractivity contribution in [2.24, 2.45) is 0 Å². The van der Waals surface area contributed by atoms with Crippen LogP contribution in [0.1, 0.15) is 34.1 Å². The van der Waals surface area contributed by atoms with E-state index in [-0.39, 0.29) is 5.91 Å². The molecule has 1 aliphatic carbocycles. The Morgan fingerprint density at radius 2 is 2.23 bits per heavy atom. The van der Waals surface area contributed by atoms with E-state index in [1.54, 1.807) is 23.6 Å². The van der Waals surface area contributed by atoms with E-state index in [1.807, 2.05) is 18.2 Å². The molecular weight excluding hydrogens is 294 g/mol. The molecule has 0 saturated heterocycles. The molecule has 0 atom stereocenters. The van der Waals surface area contributed by atoms with Gasteiger partial charge in [-0.3, -0.25) is 9.78 Å². The first-order valence-corrected chi connectivity index (χ1v) is 8.47. The highest BCUT2D eigenvalue weighted by Gasteiger charge is 2.14. The molecule has 2 aromatic rings. The zero-order valence-corrected chi connectivity index (χ0v) is 13.2. The van der Waals surface area contributed by atoms with Gasteiger partial charge in [0.1, 0.15) is 0 Å². The minimum atomic E-state index is -0.0908. The largest absolute Gasteiger partial charge is 0.352 e. The van der Waals surface area contributed by atoms with E-state index in [1.165, 1.54) is 35.9 Å². The summed E-state index contributed by atoms with van der Waals surface area (Å²) in [7, 11) is 0. The summed E-state index contributed by atoms with van der Waals surface area (Å²) in [5, 5.41) is 4.03. The van der Waals surface area contributed by atoms with Crippen molar-refractivity contribution in [1.29, 1.82) is 0 Å². The van der Waals surface area contributed by atoms with E-state index in [9.17, 15) is 4.79 Å². The van der Waals surface area contributed by atoms with Gasteiger partial charge >= 0.3 is 0 Å². The normalized spacial score (nSPS) is 14.0. The van der Waals surface area contributed by atoms with Crippen LogP contribution in [0.15, 0.2) is 30.5 Å². The number of thiazole rings is 1. The van der Waals surface area contributed by atoms with Gasteiger partial charge in [0.25, 0.3) is 0 Å². The van der Waals surface area contributed by atoms with Crippen LogP contribution in [0, 0.1) is 0 Å². The third-order valence-electron chi connectivity index (χ3n) is 3.62. The molecular formula is C17H19N3OS. The average Bonchev–Trinajstić information content (AvgIpc) is 2.96. The average molecular weight is 313 g/mol. The summed E-state index contributed by atoms with van der Waals surface area (Å²) in [6.07, 6.45) is 10.6. The Labute approximate surface area is 134 Å². The van der Waals surface area contributed by atoms with Crippen LogP contribution in [-0.2, 0) is 24.1 Å². The van der Waals surface area contributed by atoms with Gasteiger partial charge in [0.15, 0.2) is 0 Å². The predicted molar refractivity (Wildman–Crippen MR) is 88.7 cm³/mol. The number of carbonyl (C=O) groups excluding carboxylic acids is 1. The van der Waals surface area contributed by atoms with Gasteiger partial charge in [-0.1, -0.05) is 6.07 Å². The molecule has 0 aliphatic heterocycles. The fraction of sp³-hybridized carbons (Fsp3) is 0.353. The number of carbonyl (C=O) groups is 1. The first kappa shape index (κ1) is 14.9. The summed E-state index contributed by atoms with van der Waals surface area (Å²) in [5.41, 5.74) is 2.07. The number of aryl methyl sites for hydroxylation is 2. The SMILES string of the molecule is O=C(C=Cc1ccccn1)NCCc1nc2c(s1)CCCC2. The standard InChI is InChI=1S/C17H19N3OS/c21-16(9-8-13-5-3-4-11-18-13)19-12-10-17-20-14-6-1-2-7-15(14)22-17/h3-5,8-9,11H,1-2,6-7,10,12H2,(H,19,21). The molecule has 5 heteroatoms. The Kier molecular flexibility index (Phi) is 4.96. The Morgan fingerprint density at radius 3 is 3.05 bits per heavy atom. The Bertz CT molecular complexity index is 640. The predicted octanol–water partition coefficient (Wildman–Crippen LogP) is 2.79. The zero-order chi connectivity index (χ0) is 15.2. The minimum absolute atomic E-state index is 0.0908. The molecule has 0 unspecified atom stereocenters. The summed E-state index contributed by atoms with van der Waals surface area (Å²) < 4.78 is 0. The van der Waals surface area contributed by atoms with Crippen molar-refractivity contribution in [1.82, 2.24) is 15.3 Å². The van der Waals surface area contributed by atoms with E-state index in [0.29, 0.717) is 6.54 Å². The van der Waals surface area contributed by atoms with E-state index < -0.39 is 0 Å². The van der Waals surface area contributed by atoms with Gasteiger partial charge < -0.3 is 5.32 Å². The number of amides is 1. The summed E-state index contributed by atoms with van der Waals surface area (Å²) in [6.45, 7) is 0.623. The smallest absolute Gasteiger partial charge is 0.244 e. The molecule has 0 radical (unpaired) electrons. The van der Waals surface area contributed by atoms with Crippen molar-refractivity contribution in [2.75, 3.05) is 6.54 Å². The van der Waals surface area contributed by atoms with Gasteiger partial charge in [0.2, 0.25) is 5.91 Å². The van der Waals surface area contributed by atoms with Crippen LogP contribution in [0.5, 0.6) is 0 Å². The van der Waals surface area contributed by atoms with Gasteiger partial charge in [0, 0.05) is 30.1 Å². The van der Waals surface area contributed by atoms with Crippen molar-refractivity contribution < 1.29 is 4.79 Å². The molecule has 2 aromatic heterocycles. The quantitative estimate of drug-likeness (QED) is 0.864. The summed E-state index contributed by atoms with van der Waals surface area (Å²) in [5.74, 6) is -0.0908. The number of hydrogen-bond donors (Lipinski definition) is 1. The number of aromatic nitrogens is 2. The summed E-state index contributed by atoms with van der Waals surface area (Å²) in [4.78, 5) is 22.0. The van der Waals surface area contributed by atoms with Gasteiger partial charge in [-0.15, -0.1) is 11.3 Å². The zero-order valence-electron chi connectivity index (χ0n) is 12.4. The third kappa shape index (κ3) is 4.01. The van der Waals surface area contributed by atoms with Crippen LogP contribution in [0.3, 0.4) is 0 Å². The van der Waals surface area contributed by atoms with Crippen molar-refractivity contribution in [3.8, 4) is 0 Å². The molecule has 4 nitrogen and oxygen atoms in total. The maximum absolute atomic E-state index is 11.8. The van der Waals surface area contributed by atoms with E-state index in [0.717, 1.165) is 23.5 Å². The molecule has 1 aliphatic rings. The monoisotopic (exact) mass is 313 g/mol. The second-order valence-corrected chi connectivity index (χ2v) is 6.48. The van der Waals surface area contributed by atoms with Crippen LogP contribution in [0.2, 0.25) is 0 Å². The van der Waals surface area contributed by atoms with Crippen LogP contribution < -0.4 is 5.32 Å². The maximum atomic E-state index is 11.8. The third-order valence-corrected chi connectivity index (χ3v) is 4.84. The number of pyridine rings is 1. The second kappa shape index (κ2) is 7.31. The van der Waals surface area contributed by atoms with Crippen LogP contribution >= 0.6 is 11.3 Å². The van der Waals surface area contributed by atoms with E-state index in [2.05, 4.69) is 15.3 Å². The molecule has 114 valence electrons. The van der Waals surface area contributed by atoms with Crippen molar-refractivity contribution in [3.63, 3.8) is 0 Å². The molecule has 0 spiro atoms. The van der Waals surface area contributed by atoms with E-state index >= 15 is 0 Å². The number of rotatable bonds is 5. The summed E-state index contributed by atoms with van der Waals surface area (Å²) in [6, 6.07) is 5.61. The molecule has 0 fully saturated rings. The lowest BCUT2D eigenvalue weighted by Crippen LogP contribution is -2.23. The van der Waals surface area contributed by atoms with E-state index in [4.69, 9.17) is 0 Å². The highest BCUT2D eigenvalue weighted by molar-refractivity contribution is 7.11. The topological polar surface area (TPSA) is 54.9 Å². The van der Waals surface area contributed by atoms with Gasteiger partial charge in [-0.2, -0.15) is 0 Å². The fourth-order valence-electron chi connectivity index (χ4n) is 2.50. The van der Waals surface area contributed by atoms with Gasteiger partial charge in [-0.05, 0) is 43.9 Å². The maximum Gasteiger partial charge on any atom is 0.244 e. The molecule has 0 saturated carbocycles. The number of fused-ring (bicyclic) bond motifs is 1. The lowest BCUT2D eigenvalue weighted by molar-refractivity contribution is -0.116. The number of nitrogens with one attached hydrogen (secondary N) is 1. The Hall–Kier alpha value is -2.01. The molecule has 0 aromatic carbocycles.